The van der Waals surface area contributed by atoms with Crippen LogP contribution in [-0.4, -0.2) is 26.2 Å². The fourth-order valence-electron chi connectivity index (χ4n) is 1.98. The summed E-state index contributed by atoms with van der Waals surface area (Å²) >= 11 is 1.71. The largest absolute Gasteiger partial charge is 0.493 e. The lowest BCUT2D eigenvalue weighted by Gasteiger charge is -2.12. The van der Waals surface area contributed by atoms with E-state index in [-0.39, 0.29) is 0 Å². The molecule has 0 radical (unpaired) electrons. The van der Waals surface area contributed by atoms with E-state index in [4.69, 9.17) is 4.74 Å². The van der Waals surface area contributed by atoms with Crippen LogP contribution in [0.1, 0.15) is 17.5 Å². The molecule has 118 valence electrons. The van der Waals surface area contributed by atoms with Crippen LogP contribution in [0, 0.1) is 6.92 Å². The molecule has 0 atom stereocenters. The third-order valence-electron chi connectivity index (χ3n) is 3.23. The molecule has 1 aromatic heterocycles. The highest BCUT2D eigenvalue weighted by Crippen LogP contribution is 2.15. The van der Waals surface area contributed by atoms with Gasteiger partial charge in [-0.25, -0.2) is 0 Å². The van der Waals surface area contributed by atoms with Crippen LogP contribution in [0.5, 0.6) is 5.75 Å². The number of nitrogens with zero attached hydrogens (tertiary/aromatic N) is 1. The van der Waals surface area contributed by atoms with Crippen LogP contribution >= 0.6 is 11.3 Å². The molecule has 0 unspecified atom stereocenters. The van der Waals surface area contributed by atoms with Crippen LogP contribution in [0.25, 0.3) is 0 Å². The van der Waals surface area contributed by atoms with Gasteiger partial charge >= 0.3 is 0 Å². The number of aryl methyl sites for hydroxylation is 1. The van der Waals surface area contributed by atoms with E-state index in [9.17, 15) is 0 Å². The molecular weight excluding hydrogens is 294 g/mol. The molecule has 0 aliphatic heterocycles. The normalized spacial score (nSPS) is 11.3. The molecule has 2 rings (SSSR count). The van der Waals surface area contributed by atoms with E-state index in [0.717, 1.165) is 31.2 Å². The van der Waals surface area contributed by atoms with Gasteiger partial charge in [-0.3, -0.25) is 4.99 Å². The maximum Gasteiger partial charge on any atom is 0.191 e. The first-order valence-electron chi connectivity index (χ1n) is 7.43. The molecule has 0 fully saturated rings. The second-order valence-electron chi connectivity index (χ2n) is 4.95. The van der Waals surface area contributed by atoms with Crippen molar-refractivity contribution < 1.29 is 4.74 Å². The van der Waals surface area contributed by atoms with Crippen molar-refractivity contribution in [3.63, 3.8) is 0 Å². The topological polar surface area (TPSA) is 45.7 Å². The maximum absolute atomic E-state index is 5.77. The van der Waals surface area contributed by atoms with Gasteiger partial charge in [0.15, 0.2) is 5.96 Å². The molecule has 0 amide bonds. The van der Waals surface area contributed by atoms with Crippen molar-refractivity contribution in [1.29, 1.82) is 0 Å². The van der Waals surface area contributed by atoms with Gasteiger partial charge in [-0.2, -0.15) is 11.3 Å². The van der Waals surface area contributed by atoms with E-state index >= 15 is 0 Å². The number of aliphatic imine (C=N–C) groups is 1. The molecule has 0 aliphatic carbocycles. The number of hydrogen-bond acceptors (Lipinski definition) is 3. The Labute approximate surface area is 136 Å². The smallest absolute Gasteiger partial charge is 0.191 e. The molecule has 4 nitrogen and oxygen atoms in total. The van der Waals surface area contributed by atoms with E-state index in [1.165, 1.54) is 11.1 Å². The van der Waals surface area contributed by atoms with E-state index in [2.05, 4.69) is 45.4 Å². The van der Waals surface area contributed by atoms with Gasteiger partial charge in [0, 0.05) is 20.1 Å². The SMILES string of the molecule is CN=C(NCCCOc1ccccc1C)NCc1ccsc1. The van der Waals surface area contributed by atoms with Gasteiger partial charge in [-0.1, -0.05) is 18.2 Å². The Hall–Kier alpha value is -2.01. The molecule has 2 N–H and O–H groups in total. The van der Waals surface area contributed by atoms with E-state index < -0.39 is 0 Å². The average molecular weight is 317 g/mol. The van der Waals surface area contributed by atoms with Gasteiger partial charge < -0.3 is 15.4 Å². The zero-order chi connectivity index (χ0) is 15.6. The standard InChI is InChI=1S/C17H23N3OS/c1-14-6-3-4-7-16(14)21-10-5-9-19-17(18-2)20-12-15-8-11-22-13-15/h3-4,6-8,11,13H,5,9-10,12H2,1-2H3,(H2,18,19,20). The van der Waals surface area contributed by atoms with Crippen LogP contribution in [0.3, 0.4) is 0 Å². The van der Waals surface area contributed by atoms with Gasteiger partial charge in [0.25, 0.3) is 0 Å². The first kappa shape index (κ1) is 16.4. The highest BCUT2D eigenvalue weighted by atomic mass is 32.1. The lowest BCUT2D eigenvalue weighted by molar-refractivity contribution is 0.309. The predicted molar refractivity (Wildman–Crippen MR) is 93.8 cm³/mol. The molecule has 5 heteroatoms. The molecule has 22 heavy (non-hydrogen) atoms. The summed E-state index contributed by atoms with van der Waals surface area (Å²) in [5, 5.41) is 10.8. The van der Waals surface area contributed by atoms with Gasteiger partial charge in [0.1, 0.15) is 5.75 Å². The minimum atomic E-state index is 0.694. The Bertz CT molecular complexity index is 581. The van der Waals surface area contributed by atoms with E-state index in [1.54, 1.807) is 18.4 Å². The lowest BCUT2D eigenvalue weighted by atomic mass is 10.2. The number of rotatable bonds is 7. The second-order valence-corrected chi connectivity index (χ2v) is 5.73. The Morgan fingerprint density at radius 1 is 1.23 bits per heavy atom. The molecule has 1 heterocycles. The van der Waals surface area contributed by atoms with E-state index in [1.807, 2.05) is 18.2 Å². The summed E-state index contributed by atoms with van der Waals surface area (Å²) in [4.78, 5) is 4.21. The summed E-state index contributed by atoms with van der Waals surface area (Å²) in [6.45, 7) is 4.38. The summed E-state index contributed by atoms with van der Waals surface area (Å²) in [5.41, 5.74) is 2.44. The monoisotopic (exact) mass is 317 g/mol. The lowest BCUT2D eigenvalue weighted by Crippen LogP contribution is -2.37. The summed E-state index contributed by atoms with van der Waals surface area (Å²) < 4.78 is 5.77. The third-order valence-corrected chi connectivity index (χ3v) is 3.96. The molecule has 0 spiro atoms. The predicted octanol–water partition coefficient (Wildman–Crippen LogP) is 3.19. The van der Waals surface area contributed by atoms with Gasteiger partial charge in [0.2, 0.25) is 0 Å². The third kappa shape index (κ3) is 5.41. The Morgan fingerprint density at radius 3 is 2.82 bits per heavy atom. The number of para-hydroxylation sites is 1. The first-order chi connectivity index (χ1) is 10.8. The molecule has 1 aromatic carbocycles. The van der Waals surface area contributed by atoms with Crippen molar-refractivity contribution in [1.82, 2.24) is 10.6 Å². The minimum Gasteiger partial charge on any atom is -0.493 e. The fourth-order valence-corrected chi connectivity index (χ4v) is 2.65. The van der Waals surface area contributed by atoms with Crippen molar-refractivity contribution >= 4 is 17.3 Å². The minimum absolute atomic E-state index is 0.694. The number of benzene rings is 1. The highest BCUT2D eigenvalue weighted by molar-refractivity contribution is 7.07. The molecule has 0 bridgehead atoms. The van der Waals surface area contributed by atoms with Crippen LogP contribution in [0.4, 0.5) is 0 Å². The van der Waals surface area contributed by atoms with Crippen molar-refractivity contribution in [2.75, 3.05) is 20.2 Å². The van der Waals surface area contributed by atoms with Crippen LogP contribution < -0.4 is 15.4 Å². The molecule has 0 aliphatic rings. The van der Waals surface area contributed by atoms with E-state index in [0.29, 0.717) is 6.61 Å². The van der Waals surface area contributed by atoms with Gasteiger partial charge in [0.05, 0.1) is 6.61 Å². The highest BCUT2D eigenvalue weighted by Gasteiger charge is 2.00. The number of nitrogens with one attached hydrogen (secondary N) is 2. The van der Waals surface area contributed by atoms with Crippen LogP contribution in [0.2, 0.25) is 0 Å². The quantitative estimate of drug-likeness (QED) is 0.468. The molecular formula is C17H23N3OS. The number of guanidine groups is 1. The van der Waals surface area contributed by atoms with Crippen molar-refractivity contribution in [3.05, 3.63) is 52.2 Å². The van der Waals surface area contributed by atoms with Crippen LogP contribution in [0.15, 0.2) is 46.1 Å². The summed E-state index contributed by atoms with van der Waals surface area (Å²) in [6, 6.07) is 10.2. The van der Waals surface area contributed by atoms with Crippen molar-refractivity contribution in [2.24, 2.45) is 4.99 Å². The second kappa shape index (κ2) is 9.10. The Morgan fingerprint density at radius 2 is 2.09 bits per heavy atom. The fraction of sp³-hybridized carbons (Fsp3) is 0.353. The maximum atomic E-state index is 5.77. The average Bonchev–Trinajstić information content (AvgIpc) is 3.05. The number of ether oxygens (including phenoxy) is 1. The van der Waals surface area contributed by atoms with Gasteiger partial charge in [-0.05, 0) is 47.4 Å². The molecule has 2 aromatic rings. The number of hydrogen-bond donors (Lipinski definition) is 2. The molecule has 0 saturated heterocycles. The Balaban J connectivity index is 1.61. The summed E-state index contributed by atoms with van der Waals surface area (Å²) in [5.74, 6) is 1.78. The Kier molecular flexibility index (Phi) is 6.77. The zero-order valence-corrected chi connectivity index (χ0v) is 14.0. The van der Waals surface area contributed by atoms with Gasteiger partial charge in [-0.15, -0.1) is 0 Å². The van der Waals surface area contributed by atoms with Crippen molar-refractivity contribution in [2.45, 2.75) is 19.9 Å². The van der Waals surface area contributed by atoms with Crippen molar-refractivity contribution in [3.8, 4) is 5.75 Å². The number of thiophene rings is 1. The first-order valence-corrected chi connectivity index (χ1v) is 8.38. The molecule has 0 saturated carbocycles. The zero-order valence-electron chi connectivity index (χ0n) is 13.1. The summed E-state index contributed by atoms with van der Waals surface area (Å²) in [7, 11) is 1.78. The van der Waals surface area contributed by atoms with Crippen LogP contribution in [-0.2, 0) is 6.54 Å². The summed E-state index contributed by atoms with van der Waals surface area (Å²) in [6.07, 6.45) is 0.924.